The minimum atomic E-state index is -5.93. The number of ether oxygens (including phenoxy) is 1. The molecular weight excluding hydrogens is 209 g/mol. The number of alkyl halides is 7. The molecule has 0 bridgehead atoms. The maximum absolute atomic E-state index is 12.1. The maximum Gasteiger partial charge on any atom is 0.456 e. The van der Waals surface area contributed by atoms with Crippen LogP contribution in [0.5, 0.6) is 0 Å². The van der Waals surface area contributed by atoms with Crippen LogP contribution in [0.2, 0.25) is 0 Å². The van der Waals surface area contributed by atoms with E-state index in [1.165, 1.54) is 0 Å². The molecule has 0 spiro atoms. The molecule has 1 saturated heterocycles. The Kier molecular flexibility index (Phi) is 2.21. The molecule has 1 rings (SSSR count). The smallest absolute Gasteiger partial charge is 0.332 e. The third-order valence-electron chi connectivity index (χ3n) is 1.55. The van der Waals surface area contributed by atoms with Crippen molar-refractivity contribution < 1.29 is 35.5 Å². The Morgan fingerprint density at radius 3 is 1.62 bits per heavy atom. The summed E-state index contributed by atoms with van der Waals surface area (Å²) in [4.78, 5) is 0. The fraction of sp³-hybridized carbons (Fsp3) is 1.00. The molecule has 1 fully saturated rings. The first-order valence-electron chi connectivity index (χ1n) is 3.06. The first-order valence-corrected chi connectivity index (χ1v) is 3.06. The Morgan fingerprint density at radius 1 is 0.923 bits per heavy atom. The van der Waals surface area contributed by atoms with Crippen molar-refractivity contribution in [3.63, 3.8) is 0 Å². The first kappa shape index (κ1) is 10.6. The lowest BCUT2D eigenvalue weighted by atomic mass is 10.0. The van der Waals surface area contributed by atoms with Gasteiger partial charge in [0.05, 0.1) is 0 Å². The van der Waals surface area contributed by atoms with Crippen molar-refractivity contribution in [1.82, 2.24) is 0 Å². The SMILES string of the molecule is F[C@H]1[C@@H](F)O[C@@H]1C(F)(F)C(F)(F)F. The molecular formula is C5H3F7O. The van der Waals surface area contributed by atoms with Gasteiger partial charge in [-0.25, -0.2) is 8.78 Å². The van der Waals surface area contributed by atoms with Crippen LogP contribution in [-0.2, 0) is 4.74 Å². The van der Waals surface area contributed by atoms with Crippen LogP contribution in [0.15, 0.2) is 0 Å². The zero-order chi connectivity index (χ0) is 10.4. The summed E-state index contributed by atoms with van der Waals surface area (Å²) in [6, 6.07) is 0. The maximum atomic E-state index is 12.1. The van der Waals surface area contributed by atoms with E-state index in [1.54, 1.807) is 0 Å². The average Bonchev–Trinajstić information content (AvgIpc) is 1.97. The van der Waals surface area contributed by atoms with Gasteiger partial charge in [-0.15, -0.1) is 0 Å². The summed E-state index contributed by atoms with van der Waals surface area (Å²) in [5.41, 5.74) is 0. The van der Waals surface area contributed by atoms with Crippen molar-refractivity contribution in [3.05, 3.63) is 0 Å². The zero-order valence-electron chi connectivity index (χ0n) is 5.79. The van der Waals surface area contributed by atoms with E-state index in [0.29, 0.717) is 0 Å². The van der Waals surface area contributed by atoms with Crippen molar-refractivity contribution in [3.8, 4) is 0 Å². The summed E-state index contributed by atoms with van der Waals surface area (Å²) in [6.07, 6.45) is -14.6. The van der Waals surface area contributed by atoms with Gasteiger partial charge >= 0.3 is 12.1 Å². The molecule has 0 aromatic rings. The largest absolute Gasteiger partial charge is 0.456 e. The summed E-state index contributed by atoms with van der Waals surface area (Å²) in [6.45, 7) is 0. The molecule has 1 heterocycles. The van der Waals surface area contributed by atoms with E-state index < -0.39 is 30.7 Å². The predicted molar refractivity (Wildman–Crippen MR) is 25.7 cm³/mol. The van der Waals surface area contributed by atoms with E-state index >= 15 is 0 Å². The molecule has 0 radical (unpaired) electrons. The molecule has 1 aliphatic heterocycles. The minimum absolute atomic E-state index is 2.70. The fourth-order valence-electron chi connectivity index (χ4n) is 0.785. The third kappa shape index (κ3) is 1.47. The molecule has 1 nitrogen and oxygen atoms in total. The minimum Gasteiger partial charge on any atom is -0.332 e. The van der Waals surface area contributed by atoms with Crippen LogP contribution in [-0.4, -0.2) is 30.7 Å². The molecule has 0 unspecified atom stereocenters. The Hall–Kier alpha value is -0.530. The molecule has 0 N–H and O–H groups in total. The molecule has 8 heteroatoms. The van der Waals surface area contributed by atoms with E-state index in [0.717, 1.165) is 0 Å². The van der Waals surface area contributed by atoms with Gasteiger partial charge in [0, 0.05) is 0 Å². The van der Waals surface area contributed by atoms with Crippen molar-refractivity contribution >= 4 is 0 Å². The van der Waals surface area contributed by atoms with Crippen LogP contribution in [0, 0.1) is 0 Å². The predicted octanol–water partition coefficient (Wildman–Crippen LogP) is 2.22. The molecule has 0 saturated carbocycles. The van der Waals surface area contributed by atoms with Gasteiger partial charge in [-0.2, -0.15) is 22.0 Å². The number of rotatable bonds is 1. The van der Waals surface area contributed by atoms with Crippen LogP contribution < -0.4 is 0 Å². The zero-order valence-corrected chi connectivity index (χ0v) is 5.79. The highest BCUT2D eigenvalue weighted by molar-refractivity contribution is 4.97. The number of hydrogen-bond acceptors (Lipinski definition) is 1. The van der Waals surface area contributed by atoms with Gasteiger partial charge < -0.3 is 4.74 Å². The van der Waals surface area contributed by atoms with Crippen LogP contribution in [0.3, 0.4) is 0 Å². The van der Waals surface area contributed by atoms with E-state index in [-0.39, 0.29) is 0 Å². The number of hydrogen-bond donors (Lipinski definition) is 0. The van der Waals surface area contributed by atoms with E-state index in [1.807, 2.05) is 0 Å². The highest BCUT2D eigenvalue weighted by Gasteiger charge is 2.70. The molecule has 0 aliphatic carbocycles. The summed E-state index contributed by atoms with van der Waals surface area (Å²) in [5, 5.41) is 0. The summed E-state index contributed by atoms with van der Waals surface area (Å²) in [5.74, 6) is -5.35. The van der Waals surface area contributed by atoms with Crippen LogP contribution in [0.4, 0.5) is 30.7 Å². The van der Waals surface area contributed by atoms with Gasteiger partial charge in [-0.05, 0) is 0 Å². The first-order chi connectivity index (χ1) is 5.68. The van der Waals surface area contributed by atoms with Gasteiger partial charge in [0.15, 0.2) is 12.3 Å². The van der Waals surface area contributed by atoms with Crippen molar-refractivity contribution in [2.24, 2.45) is 0 Å². The van der Waals surface area contributed by atoms with Gasteiger partial charge in [0.25, 0.3) is 0 Å². The fourth-order valence-corrected chi connectivity index (χ4v) is 0.785. The van der Waals surface area contributed by atoms with Crippen molar-refractivity contribution in [2.45, 2.75) is 30.7 Å². The lowest BCUT2D eigenvalue weighted by Gasteiger charge is -2.39. The molecule has 3 atom stereocenters. The van der Waals surface area contributed by atoms with Crippen LogP contribution in [0.25, 0.3) is 0 Å². The van der Waals surface area contributed by atoms with E-state index in [9.17, 15) is 30.7 Å². The van der Waals surface area contributed by atoms with Gasteiger partial charge in [-0.3, -0.25) is 0 Å². The Balaban J connectivity index is 2.72. The normalized spacial score (nSPS) is 35.8. The molecule has 78 valence electrons. The molecule has 0 amide bonds. The second-order valence-corrected chi connectivity index (χ2v) is 2.47. The second kappa shape index (κ2) is 2.73. The quantitative estimate of drug-likeness (QED) is 0.605. The van der Waals surface area contributed by atoms with Crippen molar-refractivity contribution in [2.75, 3.05) is 0 Å². The van der Waals surface area contributed by atoms with Crippen LogP contribution >= 0.6 is 0 Å². The molecule has 0 aromatic heterocycles. The summed E-state index contributed by atoms with van der Waals surface area (Å²) < 4.78 is 86.0. The highest BCUT2D eigenvalue weighted by atomic mass is 19.4. The Labute approximate surface area is 67.5 Å². The molecule has 1 aliphatic rings. The topological polar surface area (TPSA) is 9.23 Å². The number of halogens is 7. The van der Waals surface area contributed by atoms with Gasteiger partial charge in [0.2, 0.25) is 6.36 Å². The molecule has 13 heavy (non-hydrogen) atoms. The second-order valence-electron chi connectivity index (χ2n) is 2.47. The summed E-state index contributed by atoms with van der Waals surface area (Å²) in [7, 11) is 0. The third-order valence-corrected chi connectivity index (χ3v) is 1.55. The lowest BCUT2D eigenvalue weighted by Crippen LogP contribution is -2.62. The van der Waals surface area contributed by atoms with Crippen LogP contribution in [0.1, 0.15) is 0 Å². The van der Waals surface area contributed by atoms with Crippen molar-refractivity contribution in [1.29, 1.82) is 0 Å². The Morgan fingerprint density at radius 2 is 1.38 bits per heavy atom. The monoisotopic (exact) mass is 212 g/mol. The van der Waals surface area contributed by atoms with Gasteiger partial charge in [-0.1, -0.05) is 0 Å². The lowest BCUT2D eigenvalue weighted by molar-refractivity contribution is -0.383. The van der Waals surface area contributed by atoms with E-state index in [2.05, 4.69) is 4.74 Å². The molecule has 0 aromatic carbocycles. The van der Waals surface area contributed by atoms with Gasteiger partial charge in [0.1, 0.15) is 0 Å². The van der Waals surface area contributed by atoms with E-state index in [4.69, 9.17) is 0 Å². The standard InChI is InChI=1S/C5H3F7O/c6-1-2(13-3(1)7)4(8,9)5(10,11)12/h1-3H/t1-,2+,3+/m1/s1. The highest BCUT2D eigenvalue weighted by Crippen LogP contribution is 2.46. The summed E-state index contributed by atoms with van der Waals surface area (Å²) >= 11 is 0. The Bertz CT molecular complexity index is 200. The average molecular weight is 212 g/mol.